The minimum absolute atomic E-state index is 0.651. The van der Waals surface area contributed by atoms with Gasteiger partial charge in [0.15, 0.2) is 0 Å². The van der Waals surface area contributed by atoms with E-state index >= 15 is 0 Å². The Kier molecular flexibility index (Phi) is 4.46. The second-order valence-corrected chi connectivity index (χ2v) is 6.13. The van der Waals surface area contributed by atoms with Crippen LogP contribution in [0.1, 0.15) is 38.5 Å². The van der Waals surface area contributed by atoms with Crippen molar-refractivity contribution in [3.63, 3.8) is 0 Å². The highest BCUT2D eigenvalue weighted by Crippen LogP contribution is 2.25. The highest BCUT2D eigenvalue weighted by Gasteiger charge is 2.24. The van der Waals surface area contributed by atoms with Crippen LogP contribution in [0.15, 0.2) is 24.3 Å². The molecular formula is C17H26N2O. The number of rotatable bonds is 4. The van der Waals surface area contributed by atoms with Crippen molar-refractivity contribution in [3.05, 3.63) is 24.3 Å². The van der Waals surface area contributed by atoms with Gasteiger partial charge in [-0.1, -0.05) is 18.9 Å². The lowest BCUT2D eigenvalue weighted by Gasteiger charge is -2.36. The summed E-state index contributed by atoms with van der Waals surface area (Å²) in [5.41, 5.74) is 1.29. The van der Waals surface area contributed by atoms with Crippen molar-refractivity contribution in [3.8, 4) is 5.75 Å². The van der Waals surface area contributed by atoms with Crippen LogP contribution in [-0.2, 0) is 0 Å². The molecule has 1 aromatic rings. The lowest BCUT2D eigenvalue weighted by Crippen LogP contribution is -2.48. The molecule has 20 heavy (non-hydrogen) atoms. The summed E-state index contributed by atoms with van der Waals surface area (Å²) in [5.74, 6) is 0.952. The SMILES string of the molecule is COc1cccc(N2CCCC(NC3CCCC3)C2)c1. The number of nitrogens with zero attached hydrogens (tertiary/aromatic N) is 1. The third kappa shape index (κ3) is 3.26. The Labute approximate surface area is 122 Å². The summed E-state index contributed by atoms with van der Waals surface area (Å²) >= 11 is 0. The zero-order chi connectivity index (χ0) is 13.8. The van der Waals surface area contributed by atoms with Gasteiger partial charge in [0, 0.05) is 36.9 Å². The summed E-state index contributed by atoms with van der Waals surface area (Å²) in [5, 5.41) is 3.87. The van der Waals surface area contributed by atoms with E-state index in [-0.39, 0.29) is 0 Å². The molecule has 1 heterocycles. The first-order valence-electron chi connectivity index (χ1n) is 8.00. The van der Waals surface area contributed by atoms with Crippen LogP contribution in [0, 0.1) is 0 Å². The molecule has 0 spiro atoms. The van der Waals surface area contributed by atoms with Crippen molar-refractivity contribution in [2.24, 2.45) is 0 Å². The third-order valence-corrected chi connectivity index (χ3v) is 4.67. The summed E-state index contributed by atoms with van der Waals surface area (Å²) < 4.78 is 5.34. The number of ether oxygens (including phenoxy) is 1. The van der Waals surface area contributed by atoms with Crippen LogP contribution < -0.4 is 15.0 Å². The predicted molar refractivity (Wildman–Crippen MR) is 83.6 cm³/mol. The summed E-state index contributed by atoms with van der Waals surface area (Å²) in [4.78, 5) is 2.50. The molecule has 1 atom stereocenters. The highest BCUT2D eigenvalue weighted by molar-refractivity contribution is 5.51. The van der Waals surface area contributed by atoms with E-state index in [9.17, 15) is 0 Å². The van der Waals surface area contributed by atoms with Gasteiger partial charge in [0.1, 0.15) is 5.75 Å². The van der Waals surface area contributed by atoms with E-state index in [0.29, 0.717) is 6.04 Å². The van der Waals surface area contributed by atoms with Crippen LogP contribution in [0.3, 0.4) is 0 Å². The van der Waals surface area contributed by atoms with Crippen LogP contribution in [0.4, 0.5) is 5.69 Å². The van der Waals surface area contributed by atoms with E-state index in [1.165, 1.54) is 44.2 Å². The summed E-state index contributed by atoms with van der Waals surface area (Å²) in [6.07, 6.45) is 8.15. The largest absolute Gasteiger partial charge is 0.497 e. The van der Waals surface area contributed by atoms with E-state index < -0.39 is 0 Å². The van der Waals surface area contributed by atoms with Gasteiger partial charge in [-0.15, -0.1) is 0 Å². The first-order chi connectivity index (χ1) is 9.85. The van der Waals surface area contributed by atoms with Crippen LogP contribution in [-0.4, -0.2) is 32.3 Å². The zero-order valence-corrected chi connectivity index (χ0v) is 12.5. The first-order valence-corrected chi connectivity index (χ1v) is 8.00. The Morgan fingerprint density at radius 2 is 1.90 bits per heavy atom. The molecule has 2 aliphatic rings. The summed E-state index contributed by atoms with van der Waals surface area (Å²) in [6, 6.07) is 9.87. The number of benzene rings is 1. The quantitative estimate of drug-likeness (QED) is 0.912. The molecule has 1 unspecified atom stereocenters. The Balaban J connectivity index is 1.61. The molecular weight excluding hydrogens is 248 g/mol. The van der Waals surface area contributed by atoms with Crippen LogP contribution >= 0.6 is 0 Å². The molecule has 0 amide bonds. The van der Waals surface area contributed by atoms with E-state index in [2.05, 4.69) is 28.4 Å². The van der Waals surface area contributed by atoms with Gasteiger partial charge in [0.25, 0.3) is 0 Å². The maximum atomic E-state index is 5.34. The molecule has 3 rings (SSSR count). The fraction of sp³-hybridized carbons (Fsp3) is 0.647. The number of methoxy groups -OCH3 is 1. The fourth-order valence-corrected chi connectivity index (χ4v) is 3.58. The van der Waals surface area contributed by atoms with Gasteiger partial charge in [-0.25, -0.2) is 0 Å². The van der Waals surface area contributed by atoms with E-state index in [1.54, 1.807) is 7.11 Å². The Bertz CT molecular complexity index is 429. The van der Waals surface area contributed by atoms with Gasteiger partial charge in [-0.2, -0.15) is 0 Å². The molecule has 1 saturated heterocycles. The van der Waals surface area contributed by atoms with Gasteiger partial charge in [0.2, 0.25) is 0 Å². The van der Waals surface area contributed by atoms with Gasteiger partial charge in [0.05, 0.1) is 7.11 Å². The summed E-state index contributed by atoms with van der Waals surface area (Å²) in [7, 11) is 1.74. The van der Waals surface area contributed by atoms with Gasteiger partial charge >= 0.3 is 0 Å². The molecule has 1 aliphatic carbocycles. The molecule has 0 aromatic heterocycles. The Hall–Kier alpha value is -1.22. The Morgan fingerprint density at radius 1 is 1.10 bits per heavy atom. The molecule has 1 N–H and O–H groups in total. The lowest BCUT2D eigenvalue weighted by molar-refractivity contribution is 0.374. The minimum atomic E-state index is 0.651. The molecule has 1 saturated carbocycles. The van der Waals surface area contributed by atoms with Crippen molar-refractivity contribution < 1.29 is 4.74 Å². The zero-order valence-electron chi connectivity index (χ0n) is 12.5. The lowest BCUT2D eigenvalue weighted by atomic mass is 10.0. The van der Waals surface area contributed by atoms with Gasteiger partial charge < -0.3 is 15.0 Å². The van der Waals surface area contributed by atoms with Crippen LogP contribution in [0.2, 0.25) is 0 Å². The van der Waals surface area contributed by atoms with Gasteiger partial charge in [-0.3, -0.25) is 0 Å². The normalized spacial score (nSPS) is 24.1. The van der Waals surface area contributed by atoms with Crippen molar-refractivity contribution in [2.45, 2.75) is 50.6 Å². The molecule has 1 aromatic carbocycles. The van der Waals surface area contributed by atoms with Crippen molar-refractivity contribution in [1.29, 1.82) is 0 Å². The second-order valence-electron chi connectivity index (χ2n) is 6.13. The van der Waals surface area contributed by atoms with E-state index in [0.717, 1.165) is 24.9 Å². The molecule has 110 valence electrons. The highest BCUT2D eigenvalue weighted by atomic mass is 16.5. The topological polar surface area (TPSA) is 24.5 Å². The number of piperidine rings is 1. The first kappa shape index (κ1) is 13.7. The van der Waals surface area contributed by atoms with E-state index in [4.69, 9.17) is 4.74 Å². The summed E-state index contributed by atoms with van der Waals surface area (Å²) in [6.45, 7) is 2.29. The second kappa shape index (κ2) is 6.49. The molecule has 1 aliphatic heterocycles. The van der Waals surface area contributed by atoms with Crippen LogP contribution in [0.25, 0.3) is 0 Å². The number of hydrogen-bond donors (Lipinski definition) is 1. The number of anilines is 1. The third-order valence-electron chi connectivity index (χ3n) is 4.67. The average Bonchev–Trinajstić information content (AvgIpc) is 3.00. The number of nitrogens with one attached hydrogen (secondary N) is 1. The maximum absolute atomic E-state index is 5.34. The van der Waals surface area contributed by atoms with Gasteiger partial charge in [-0.05, 0) is 37.8 Å². The maximum Gasteiger partial charge on any atom is 0.120 e. The van der Waals surface area contributed by atoms with Crippen molar-refractivity contribution in [1.82, 2.24) is 5.32 Å². The predicted octanol–water partition coefficient (Wildman–Crippen LogP) is 3.20. The molecule has 3 nitrogen and oxygen atoms in total. The number of hydrogen-bond acceptors (Lipinski definition) is 3. The van der Waals surface area contributed by atoms with Crippen LogP contribution in [0.5, 0.6) is 5.75 Å². The van der Waals surface area contributed by atoms with E-state index in [1.807, 2.05) is 6.07 Å². The standard InChI is InChI=1S/C17H26N2O/c1-20-17-10-4-9-16(12-17)19-11-5-8-15(13-19)18-14-6-2-3-7-14/h4,9-10,12,14-15,18H,2-3,5-8,11,13H2,1H3. The Morgan fingerprint density at radius 3 is 2.70 bits per heavy atom. The monoisotopic (exact) mass is 274 g/mol. The fourth-order valence-electron chi connectivity index (χ4n) is 3.58. The smallest absolute Gasteiger partial charge is 0.120 e. The molecule has 2 fully saturated rings. The van der Waals surface area contributed by atoms with Crippen molar-refractivity contribution >= 4 is 5.69 Å². The molecule has 0 radical (unpaired) electrons. The van der Waals surface area contributed by atoms with Crippen molar-refractivity contribution in [2.75, 3.05) is 25.1 Å². The molecule has 0 bridgehead atoms. The minimum Gasteiger partial charge on any atom is -0.497 e. The average molecular weight is 274 g/mol. The molecule has 3 heteroatoms.